The van der Waals surface area contributed by atoms with Crippen molar-refractivity contribution < 1.29 is 19.1 Å². The number of aryl methyl sites for hydroxylation is 2. The van der Waals surface area contributed by atoms with E-state index in [0.717, 1.165) is 22.2 Å². The molecule has 0 atom stereocenters. The van der Waals surface area contributed by atoms with E-state index in [1.807, 2.05) is 13.8 Å². The summed E-state index contributed by atoms with van der Waals surface area (Å²) in [4.78, 5) is 39.3. The second-order valence-corrected chi connectivity index (χ2v) is 6.51. The van der Waals surface area contributed by atoms with E-state index in [9.17, 15) is 14.4 Å². The van der Waals surface area contributed by atoms with Crippen molar-refractivity contribution in [1.29, 1.82) is 0 Å². The van der Waals surface area contributed by atoms with Crippen molar-refractivity contribution in [3.63, 3.8) is 0 Å². The second-order valence-electron chi connectivity index (χ2n) is 5.57. The lowest BCUT2D eigenvalue weighted by molar-refractivity contribution is -0.123. The maximum Gasteiger partial charge on any atom is 0.338 e. The van der Waals surface area contributed by atoms with Crippen LogP contribution < -0.4 is 5.32 Å². The van der Waals surface area contributed by atoms with Gasteiger partial charge in [0, 0.05) is 16.6 Å². The average Bonchev–Trinajstić information content (AvgIpc) is 3.22. The Kier molecular flexibility index (Phi) is 4.67. The highest BCUT2D eigenvalue weighted by Gasteiger charge is 2.15. The molecule has 2 aromatic heterocycles. The SMILES string of the molecule is Cc1[nH]c2ccc(C(=O)OCC(=O)NC(=O)c3cccs3)cc2c1C. The van der Waals surface area contributed by atoms with Gasteiger partial charge in [-0.15, -0.1) is 11.3 Å². The zero-order valence-corrected chi connectivity index (χ0v) is 14.5. The topological polar surface area (TPSA) is 88.3 Å². The molecule has 1 aromatic carbocycles. The van der Waals surface area contributed by atoms with Crippen LogP contribution in [0.2, 0.25) is 0 Å². The number of imide groups is 1. The van der Waals surface area contributed by atoms with Crippen molar-refractivity contribution in [3.05, 3.63) is 57.4 Å². The van der Waals surface area contributed by atoms with Gasteiger partial charge in [-0.2, -0.15) is 0 Å². The first-order valence-corrected chi connectivity index (χ1v) is 8.47. The standard InChI is InChI=1S/C18H16N2O4S/c1-10-11(2)19-14-6-5-12(8-13(10)14)18(23)24-9-16(21)20-17(22)15-4-3-7-25-15/h3-8,19H,9H2,1-2H3,(H,20,21,22). The highest BCUT2D eigenvalue weighted by atomic mass is 32.1. The number of H-pyrrole nitrogens is 1. The molecule has 128 valence electrons. The molecule has 0 unspecified atom stereocenters. The number of esters is 1. The summed E-state index contributed by atoms with van der Waals surface area (Å²) in [5.74, 6) is -1.78. The van der Waals surface area contributed by atoms with E-state index >= 15 is 0 Å². The number of benzene rings is 1. The van der Waals surface area contributed by atoms with Crippen LogP contribution in [-0.2, 0) is 9.53 Å². The average molecular weight is 356 g/mol. The van der Waals surface area contributed by atoms with Crippen molar-refractivity contribution in [2.24, 2.45) is 0 Å². The molecule has 0 bridgehead atoms. The lowest BCUT2D eigenvalue weighted by Gasteiger charge is -2.05. The number of carbonyl (C=O) groups excluding carboxylic acids is 3. The van der Waals surface area contributed by atoms with Crippen LogP contribution in [0.15, 0.2) is 35.7 Å². The third-order valence-electron chi connectivity index (χ3n) is 3.88. The Balaban J connectivity index is 1.61. The molecular formula is C18H16N2O4S. The Morgan fingerprint density at radius 1 is 1.20 bits per heavy atom. The van der Waals surface area contributed by atoms with E-state index in [1.165, 1.54) is 11.3 Å². The highest BCUT2D eigenvalue weighted by molar-refractivity contribution is 7.12. The Bertz CT molecular complexity index is 957. The number of amides is 2. The molecule has 0 saturated carbocycles. The number of ether oxygens (including phenoxy) is 1. The molecule has 0 aliphatic heterocycles. The predicted octanol–water partition coefficient (Wildman–Crippen LogP) is 2.96. The van der Waals surface area contributed by atoms with Crippen molar-refractivity contribution in [1.82, 2.24) is 10.3 Å². The first kappa shape index (κ1) is 16.9. The first-order valence-electron chi connectivity index (χ1n) is 7.59. The van der Waals surface area contributed by atoms with Crippen LogP contribution in [0.1, 0.15) is 31.3 Å². The molecule has 2 amide bonds. The molecule has 2 N–H and O–H groups in total. The largest absolute Gasteiger partial charge is 0.452 e. The van der Waals surface area contributed by atoms with Gasteiger partial charge < -0.3 is 9.72 Å². The monoisotopic (exact) mass is 356 g/mol. The van der Waals surface area contributed by atoms with Gasteiger partial charge in [0.05, 0.1) is 10.4 Å². The summed E-state index contributed by atoms with van der Waals surface area (Å²) >= 11 is 1.22. The summed E-state index contributed by atoms with van der Waals surface area (Å²) in [5, 5.41) is 4.85. The zero-order chi connectivity index (χ0) is 18.0. The smallest absolute Gasteiger partial charge is 0.338 e. The number of hydrogen-bond acceptors (Lipinski definition) is 5. The van der Waals surface area contributed by atoms with Crippen molar-refractivity contribution >= 4 is 40.0 Å². The normalized spacial score (nSPS) is 10.6. The van der Waals surface area contributed by atoms with Crippen LogP contribution in [0.4, 0.5) is 0 Å². The molecule has 0 aliphatic rings. The van der Waals surface area contributed by atoms with Gasteiger partial charge in [0.15, 0.2) is 6.61 Å². The van der Waals surface area contributed by atoms with Crippen LogP contribution in [0.5, 0.6) is 0 Å². The van der Waals surface area contributed by atoms with Crippen LogP contribution >= 0.6 is 11.3 Å². The number of nitrogens with one attached hydrogen (secondary N) is 2. The maximum atomic E-state index is 12.1. The first-order chi connectivity index (χ1) is 12.0. The van der Waals surface area contributed by atoms with Gasteiger partial charge in [0.1, 0.15) is 0 Å². The lowest BCUT2D eigenvalue weighted by atomic mass is 10.1. The Hall–Kier alpha value is -2.93. The van der Waals surface area contributed by atoms with Crippen LogP contribution in [-0.4, -0.2) is 29.4 Å². The van der Waals surface area contributed by atoms with E-state index in [1.54, 1.807) is 35.7 Å². The Morgan fingerprint density at radius 2 is 2.00 bits per heavy atom. The van der Waals surface area contributed by atoms with Gasteiger partial charge >= 0.3 is 5.97 Å². The summed E-state index contributed by atoms with van der Waals surface area (Å²) in [6.07, 6.45) is 0. The molecule has 0 aliphatic carbocycles. The zero-order valence-electron chi connectivity index (χ0n) is 13.7. The van der Waals surface area contributed by atoms with Crippen LogP contribution in [0, 0.1) is 13.8 Å². The predicted molar refractivity (Wildman–Crippen MR) is 94.8 cm³/mol. The van der Waals surface area contributed by atoms with Gasteiger partial charge in [-0.05, 0) is 49.1 Å². The molecule has 0 spiro atoms. The second kappa shape index (κ2) is 6.90. The molecule has 6 nitrogen and oxygen atoms in total. The van der Waals surface area contributed by atoms with E-state index in [2.05, 4.69) is 10.3 Å². The third-order valence-corrected chi connectivity index (χ3v) is 4.74. The van der Waals surface area contributed by atoms with Crippen LogP contribution in [0.25, 0.3) is 10.9 Å². The molecule has 7 heteroatoms. The van der Waals surface area contributed by atoms with Gasteiger partial charge in [-0.25, -0.2) is 4.79 Å². The molecule has 3 rings (SSSR count). The van der Waals surface area contributed by atoms with Crippen molar-refractivity contribution in [2.45, 2.75) is 13.8 Å². The quantitative estimate of drug-likeness (QED) is 0.704. The number of hydrogen-bond donors (Lipinski definition) is 2. The molecular weight excluding hydrogens is 340 g/mol. The fraction of sp³-hybridized carbons (Fsp3) is 0.167. The Morgan fingerprint density at radius 3 is 2.72 bits per heavy atom. The number of rotatable bonds is 4. The summed E-state index contributed by atoms with van der Waals surface area (Å²) in [7, 11) is 0. The molecule has 25 heavy (non-hydrogen) atoms. The van der Waals surface area contributed by atoms with Gasteiger partial charge in [0.2, 0.25) is 0 Å². The number of aromatic amines is 1. The fourth-order valence-corrected chi connectivity index (χ4v) is 3.05. The fourth-order valence-electron chi connectivity index (χ4n) is 2.43. The van der Waals surface area contributed by atoms with Crippen molar-refractivity contribution in [2.75, 3.05) is 6.61 Å². The molecule has 3 aromatic rings. The van der Waals surface area contributed by atoms with E-state index in [0.29, 0.717) is 10.4 Å². The molecule has 0 saturated heterocycles. The van der Waals surface area contributed by atoms with Crippen LogP contribution in [0.3, 0.4) is 0 Å². The molecule has 0 fully saturated rings. The minimum absolute atomic E-state index is 0.354. The summed E-state index contributed by atoms with van der Waals surface area (Å²) in [5.41, 5.74) is 3.38. The third kappa shape index (κ3) is 3.61. The lowest BCUT2D eigenvalue weighted by Crippen LogP contribution is -2.33. The summed E-state index contributed by atoms with van der Waals surface area (Å²) in [6, 6.07) is 8.48. The Labute approximate surface area is 147 Å². The number of fused-ring (bicyclic) bond motifs is 1. The minimum Gasteiger partial charge on any atom is -0.452 e. The van der Waals surface area contributed by atoms with Gasteiger partial charge in [-0.3, -0.25) is 14.9 Å². The number of carbonyl (C=O) groups is 3. The number of aromatic nitrogens is 1. The molecule has 2 heterocycles. The number of thiophene rings is 1. The van der Waals surface area contributed by atoms with E-state index in [-0.39, 0.29) is 0 Å². The molecule has 0 radical (unpaired) electrons. The van der Waals surface area contributed by atoms with Gasteiger partial charge in [-0.1, -0.05) is 6.07 Å². The summed E-state index contributed by atoms with van der Waals surface area (Å²) in [6.45, 7) is 3.41. The van der Waals surface area contributed by atoms with E-state index in [4.69, 9.17) is 4.74 Å². The minimum atomic E-state index is -0.665. The van der Waals surface area contributed by atoms with Crippen molar-refractivity contribution in [3.8, 4) is 0 Å². The van der Waals surface area contributed by atoms with Gasteiger partial charge in [0.25, 0.3) is 11.8 Å². The highest BCUT2D eigenvalue weighted by Crippen LogP contribution is 2.22. The maximum absolute atomic E-state index is 12.1. The van der Waals surface area contributed by atoms with E-state index < -0.39 is 24.4 Å². The summed E-state index contributed by atoms with van der Waals surface area (Å²) < 4.78 is 4.99.